The van der Waals surface area contributed by atoms with Crippen molar-refractivity contribution in [3.8, 4) is 0 Å². The van der Waals surface area contributed by atoms with Crippen molar-refractivity contribution in [1.29, 1.82) is 0 Å². The van der Waals surface area contributed by atoms with Gasteiger partial charge >= 0.3 is 5.97 Å². The van der Waals surface area contributed by atoms with Gasteiger partial charge in [-0.25, -0.2) is 4.39 Å². The molecule has 0 radical (unpaired) electrons. The quantitative estimate of drug-likeness (QED) is 0.815. The van der Waals surface area contributed by atoms with Gasteiger partial charge in [-0.05, 0) is 24.1 Å². The third-order valence-corrected chi connectivity index (χ3v) is 2.20. The molecule has 0 spiro atoms. The Morgan fingerprint density at radius 1 is 1.47 bits per heavy atom. The van der Waals surface area contributed by atoms with E-state index in [0.717, 1.165) is 0 Å². The summed E-state index contributed by atoms with van der Waals surface area (Å²) in [4.78, 5) is 21.5. The second kappa shape index (κ2) is 5.98. The highest BCUT2D eigenvalue weighted by atomic mass is 19.1. The normalized spacial score (nSPS) is 11.9. The molecule has 0 heterocycles. The molecule has 0 unspecified atom stereocenters. The van der Waals surface area contributed by atoms with E-state index in [1.54, 1.807) is 12.1 Å². The van der Waals surface area contributed by atoms with E-state index in [9.17, 15) is 14.0 Å². The molecule has 5 heteroatoms. The number of nitrogens with one attached hydrogen (secondary N) is 1. The van der Waals surface area contributed by atoms with Crippen LogP contribution in [0.15, 0.2) is 24.3 Å². The van der Waals surface area contributed by atoms with Gasteiger partial charge in [-0.2, -0.15) is 0 Å². The molecule has 0 aliphatic heterocycles. The van der Waals surface area contributed by atoms with Crippen molar-refractivity contribution in [1.82, 2.24) is 5.32 Å². The number of hydrogen-bond acceptors (Lipinski definition) is 2. The number of benzene rings is 1. The summed E-state index contributed by atoms with van der Waals surface area (Å²) in [7, 11) is 0. The number of aliphatic carboxylic acids is 1. The molecule has 0 fully saturated rings. The lowest BCUT2D eigenvalue weighted by atomic mass is 10.0. The van der Waals surface area contributed by atoms with Crippen molar-refractivity contribution < 1.29 is 19.1 Å². The van der Waals surface area contributed by atoms with Crippen LogP contribution in [0.3, 0.4) is 0 Å². The topological polar surface area (TPSA) is 66.4 Å². The Morgan fingerprint density at radius 3 is 2.71 bits per heavy atom. The second-order valence-corrected chi connectivity index (χ2v) is 3.83. The highest BCUT2D eigenvalue weighted by Crippen LogP contribution is 2.08. The lowest BCUT2D eigenvalue weighted by Crippen LogP contribution is -2.36. The number of halogens is 1. The van der Waals surface area contributed by atoms with E-state index in [4.69, 9.17) is 5.11 Å². The molecule has 0 bridgehead atoms. The number of hydrogen-bond donors (Lipinski definition) is 2. The van der Waals surface area contributed by atoms with Crippen LogP contribution in [0.1, 0.15) is 18.9 Å². The van der Waals surface area contributed by atoms with Gasteiger partial charge in [-0.3, -0.25) is 9.59 Å². The largest absolute Gasteiger partial charge is 0.481 e. The predicted octanol–water partition coefficient (Wildman–Crippen LogP) is 1.35. The SMILES string of the molecule is CC(=O)N[C@@H](CC(=O)O)Cc1cccc(F)c1. The number of carboxylic acid groups (broad SMARTS) is 1. The first-order chi connectivity index (χ1) is 7.97. The van der Waals surface area contributed by atoms with Crippen molar-refractivity contribution in [2.24, 2.45) is 0 Å². The minimum atomic E-state index is -1.000. The highest BCUT2D eigenvalue weighted by molar-refractivity contribution is 5.75. The third kappa shape index (κ3) is 5.10. The summed E-state index contributed by atoms with van der Waals surface area (Å²) in [6.07, 6.45) is 0.111. The lowest BCUT2D eigenvalue weighted by Gasteiger charge is -2.15. The number of carboxylic acids is 1. The summed E-state index contributed by atoms with van der Waals surface area (Å²) in [6.45, 7) is 1.32. The average Bonchev–Trinajstić information content (AvgIpc) is 2.14. The molecule has 1 rings (SSSR count). The van der Waals surface area contributed by atoms with E-state index >= 15 is 0 Å². The Labute approximate surface area is 98.5 Å². The molecular formula is C12H14FNO3. The van der Waals surface area contributed by atoms with Crippen LogP contribution in [0.5, 0.6) is 0 Å². The molecule has 0 saturated heterocycles. The van der Waals surface area contributed by atoms with E-state index in [2.05, 4.69) is 5.32 Å². The van der Waals surface area contributed by atoms with E-state index in [1.807, 2.05) is 0 Å². The van der Waals surface area contributed by atoms with E-state index in [1.165, 1.54) is 19.1 Å². The van der Waals surface area contributed by atoms with Crippen molar-refractivity contribution in [2.45, 2.75) is 25.8 Å². The van der Waals surface area contributed by atoms with Crippen LogP contribution in [0, 0.1) is 5.82 Å². The van der Waals surface area contributed by atoms with Crippen LogP contribution in [0.25, 0.3) is 0 Å². The second-order valence-electron chi connectivity index (χ2n) is 3.83. The zero-order valence-corrected chi connectivity index (χ0v) is 9.44. The van der Waals surface area contributed by atoms with E-state index in [0.29, 0.717) is 12.0 Å². The maximum absolute atomic E-state index is 12.9. The van der Waals surface area contributed by atoms with Crippen molar-refractivity contribution >= 4 is 11.9 Å². The van der Waals surface area contributed by atoms with Crippen LogP contribution in [-0.2, 0) is 16.0 Å². The van der Waals surface area contributed by atoms with Crippen molar-refractivity contribution in [3.63, 3.8) is 0 Å². The third-order valence-electron chi connectivity index (χ3n) is 2.20. The van der Waals surface area contributed by atoms with Crippen molar-refractivity contribution in [2.75, 3.05) is 0 Å². The minimum Gasteiger partial charge on any atom is -0.481 e. The van der Waals surface area contributed by atoms with Crippen LogP contribution < -0.4 is 5.32 Å². The number of carbonyl (C=O) groups excluding carboxylic acids is 1. The minimum absolute atomic E-state index is 0.184. The van der Waals surface area contributed by atoms with E-state index in [-0.39, 0.29) is 18.1 Å². The summed E-state index contributed by atoms with van der Waals surface area (Å²) in [5, 5.41) is 11.2. The molecule has 4 nitrogen and oxygen atoms in total. The van der Waals surface area contributed by atoms with Crippen molar-refractivity contribution in [3.05, 3.63) is 35.6 Å². The molecule has 1 aromatic rings. The Morgan fingerprint density at radius 2 is 2.18 bits per heavy atom. The Balaban J connectivity index is 2.71. The van der Waals surface area contributed by atoms with Crippen LogP contribution in [0.2, 0.25) is 0 Å². The maximum Gasteiger partial charge on any atom is 0.305 e. The molecule has 0 aliphatic carbocycles. The van der Waals surface area contributed by atoms with Gasteiger partial charge in [0, 0.05) is 13.0 Å². The van der Waals surface area contributed by atoms with Crippen LogP contribution in [-0.4, -0.2) is 23.0 Å². The molecule has 1 atom stereocenters. The van der Waals surface area contributed by atoms with Crippen LogP contribution >= 0.6 is 0 Å². The molecule has 17 heavy (non-hydrogen) atoms. The van der Waals surface area contributed by atoms with Gasteiger partial charge in [-0.15, -0.1) is 0 Å². The Bertz CT molecular complexity index is 404. The van der Waals surface area contributed by atoms with Gasteiger partial charge in [0.15, 0.2) is 0 Å². The Kier molecular flexibility index (Phi) is 4.63. The summed E-state index contributed by atoms with van der Waals surface area (Å²) in [6, 6.07) is 5.37. The molecule has 0 aliphatic rings. The molecule has 0 saturated carbocycles. The molecule has 1 aromatic carbocycles. The predicted molar refractivity (Wildman–Crippen MR) is 60.0 cm³/mol. The molecule has 0 aromatic heterocycles. The summed E-state index contributed by atoms with van der Waals surface area (Å²) < 4.78 is 12.9. The molecule has 92 valence electrons. The van der Waals surface area contributed by atoms with Gasteiger partial charge < -0.3 is 10.4 Å². The fourth-order valence-corrected chi connectivity index (χ4v) is 1.62. The zero-order valence-electron chi connectivity index (χ0n) is 9.44. The first-order valence-corrected chi connectivity index (χ1v) is 5.20. The smallest absolute Gasteiger partial charge is 0.305 e. The monoisotopic (exact) mass is 239 g/mol. The van der Waals surface area contributed by atoms with Gasteiger partial charge in [0.2, 0.25) is 5.91 Å². The van der Waals surface area contributed by atoms with Gasteiger partial charge in [0.05, 0.1) is 6.42 Å². The summed E-state index contributed by atoms with van der Waals surface area (Å²) in [5.74, 6) is -1.67. The van der Waals surface area contributed by atoms with E-state index < -0.39 is 12.0 Å². The highest BCUT2D eigenvalue weighted by Gasteiger charge is 2.15. The fraction of sp³-hybridized carbons (Fsp3) is 0.333. The molecule has 1 amide bonds. The number of amides is 1. The van der Waals surface area contributed by atoms with Gasteiger partial charge in [0.1, 0.15) is 5.82 Å². The fourth-order valence-electron chi connectivity index (χ4n) is 1.62. The van der Waals surface area contributed by atoms with Gasteiger partial charge in [0.25, 0.3) is 0 Å². The Hall–Kier alpha value is -1.91. The summed E-state index contributed by atoms with van der Waals surface area (Å²) in [5.41, 5.74) is 0.657. The number of carbonyl (C=O) groups is 2. The van der Waals surface area contributed by atoms with Crippen LogP contribution in [0.4, 0.5) is 4.39 Å². The standard InChI is InChI=1S/C12H14FNO3/c1-8(15)14-11(7-12(16)17)6-9-3-2-4-10(13)5-9/h2-5,11H,6-7H2,1H3,(H,14,15)(H,16,17)/t11-/m1/s1. The average molecular weight is 239 g/mol. The summed E-state index contributed by atoms with van der Waals surface area (Å²) >= 11 is 0. The maximum atomic E-state index is 12.9. The lowest BCUT2D eigenvalue weighted by molar-refractivity contribution is -0.137. The zero-order chi connectivity index (χ0) is 12.8. The first-order valence-electron chi connectivity index (χ1n) is 5.20. The molecule has 2 N–H and O–H groups in total. The molecular weight excluding hydrogens is 225 g/mol. The van der Waals surface area contributed by atoms with Gasteiger partial charge in [-0.1, -0.05) is 12.1 Å². The number of rotatable bonds is 5. The first kappa shape index (κ1) is 13.2.